The van der Waals surface area contributed by atoms with Crippen molar-refractivity contribution in [3.63, 3.8) is 0 Å². The Morgan fingerprint density at radius 1 is 1.18 bits per heavy atom. The average molecular weight is 343 g/mol. The van der Waals surface area contributed by atoms with E-state index in [-0.39, 0.29) is 11.9 Å². The van der Waals surface area contributed by atoms with Crippen LogP contribution in [0.25, 0.3) is 0 Å². The minimum absolute atomic E-state index is 0.0123. The molecule has 2 fully saturated rings. The van der Waals surface area contributed by atoms with Crippen LogP contribution in [0.4, 0.5) is 5.82 Å². The van der Waals surface area contributed by atoms with E-state index < -0.39 is 0 Å². The van der Waals surface area contributed by atoms with Crippen LogP contribution in [-0.2, 0) is 4.79 Å². The van der Waals surface area contributed by atoms with Gasteiger partial charge in [0.25, 0.3) is 0 Å². The van der Waals surface area contributed by atoms with Crippen molar-refractivity contribution < 1.29 is 4.79 Å². The number of amides is 1. The second-order valence-electron chi connectivity index (χ2n) is 5.78. The van der Waals surface area contributed by atoms with E-state index in [9.17, 15) is 4.79 Å². The van der Waals surface area contributed by atoms with Gasteiger partial charge in [0, 0.05) is 38.9 Å². The van der Waals surface area contributed by atoms with Crippen molar-refractivity contribution in [2.45, 2.75) is 25.3 Å². The second-order valence-corrected chi connectivity index (χ2v) is 6.63. The Balaban J connectivity index is 1.63. The Kier molecular flexibility index (Phi) is 5.06. The molecule has 2 saturated heterocycles. The summed E-state index contributed by atoms with van der Waals surface area (Å²) < 4.78 is 0. The highest BCUT2D eigenvalue weighted by atomic mass is 35.5. The summed E-state index contributed by atoms with van der Waals surface area (Å²) in [5, 5.41) is 4.13. The van der Waals surface area contributed by atoms with Gasteiger partial charge in [-0.15, -0.1) is 0 Å². The number of anilines is 1. The third-order valence-electron chi connectivity index (χ3n) is 4.35. The Bertz CT molecular complexity index is 546. The summed E-state index contributed by atoms with van der Waals surface area (Å²) in [7, 11) is 0. The predicted molar refractivity (Wildman–Crippen MR) is 88.7 cm³/mol. The van der Waals surface area contributed by atoms with Crippen LogP contribution in [0.1, 0.15) is 19.3 Å². The molecule has 0 spiro atoms. The number of nitrogens with zero attached hydrogens (tertiary/aromatic N) is 3. The van der Waals surface area contributed by atoms with Gasteiger partial charge in [-0.1, -0.05) is 23.2 Å². The first-order valence-corrected chi connectivity index (χ1v) is 8.48. The molecule has 3 rings (SSSR count). The minimum atomic E-state index is 0.0123. The first-order chi connectivity index (χ1) is 10.6. The Morgan fingerprint density at radius 3 is 2.68 bits per heavy atom. The molecule has 3 heterocycles. The van der Waals surface area contributed by atoms with E-state index >= 15 is 0 Å². The molecule has 1 atom stereocenters. The molecule has 120 valence electrons. The van der Waals surface area contributed by atoms with E-state index in [0.717, 1.165) is 57.8 Å². The third-order valence-corrected chi connectivity index (χ3v) is 4.83. The summed E-state index contributed by atoms with van der Waals surface area (Å²) in [5.41, 5.74) is 0. The van der Waals surface area contributed by atoms with Crippen molar-refractivity contribution in [2.75, 3.05) is 37.6 Å². The van der Waals surface area contributed by atoms with Crippen LogP contribution in [0.15, 0.2) is 12.3 Å². The zero-order valence-corrected chi connectivity index (χ0v) is 13.9. The molecular formula is C15H20Cl2N4O. The zero-order valence-electron chi connectivity index (χ0n) is 12.4. The fourth-order valence-electron chi connectivity index (χ4n) is 3.16. The summed E-state index contributed by atoms with van der Waals surface area (Å²) in [6.45, 7) is 4.13. The number of hydrogen-bond donors (Lipinski definition) is 1. The van der Waals surface area contributed by atoms with Crippen molar-refractivity contribution in [1.82, 2.24) is 15.2 Å². The lowest BCUT2D eigenvalue weighted by atomic mass is 10.1. The first-order valence-electron chi connectivity index (χ1n) is 7.73. The van der Waals surface area contributed by atoms with Crippen LogP contribution in [0.5, 0.6) is 0 Å². The van der Waals surface area contributed by atoms with Crippen LogP contribution in [0.3, 0.4) is 0 Å². The monoisotopic (exact) mass is 342 g/mol. The largest absolute Gasteiger partial charge is 0.355 e. The lowest BCUT2D eigenvalue weighted by Gasteiger charge is -2.39. The molecule has 0 bridgehead atoms. The fourth-order valence-corrected chi connectivity index (χ4v) is 3.66. The molecule has 0 radical (unpaired) electrons. The smallest absolute Gasteiger partial charge is 0.237 e. The molecule has 2 aliphatic heterocycles. The number of rotatable bonds is 2. The van der Waals surface area contributed by atoms with E-state index in [4.69, 9.17) is 23.2 Å². The summed E-state index contributed by atoms with van der Waals surface area (Å²) in [4.78, 5) is 20.9. The van der Waals surface area contributed by atoms with E-state index in [0.29, 0.717) is 10.0 Å². The second kappa shape index (κ2) is 7.02. The first kappa shape index (κ1) is 15.8. The molecular weight excluding hydrogens is 323 g/mol. The standard InChI is InChI=1S/C15H20Cl2N4O/c16-11-9-12(17)14(19-10-11)21-7-5-20(6-8-21)13-3-1-2-4-18-15(13)22/h9-10,13H,1-8H2,(H,18,22). The maximum atomic E-state index is 12.1. The quantitative estimate of drug-likeness (QED) is 0.894. The SMILES string of the molecule is O=C1NCCCCC1N1CCN(c2ncc(Cl)cc2Cl)CC1. The molecule has 0 aliphatic carbocycles. The Hall–Kier alpha value is -1.04. The van der Waals surface area contributed by atoms with Gasteiger partial charge in [-0.05, 0) is 25.3 Å². The van der Waals surface area contributed by atoms with Crippen molar-refractivity contribution in [3.05, 3.63) is 22.3 Å². The molecule has 2 aliphatic rings. The van der Waals surface area contributed by atoms with Crippen molar-refractivity contribution in [3.8, 4) is 0 Å². The summed E-state index contributed by atoms with van der Waals surface area (Å²) in [5.74, 6) is 0.949. The lowest BCUT2D eigenvalue weighted by Crippen LogP contribution is -2.54. The van der Waals surface area contributed by atoms with Crippen molar-refractivity contribution >= 4 is 34.9 Å². The fraction of sp³-hybridized carbons (Fsp3) is 0.600. The predicted octanol–water partition coefficient (Wildman–Crippen LogP) is 2.18. The molecule has 1 N–H and O–H groups in total. The van der Waals surface area contributed by atoms with E-state index in [1.54, 1.807) is 12.3 Å². The summed E-state index contributed by atoms with van der Waals surface area (Å²) in [6.07, 6.45) is 4.75. The number of hydrogen-bond acceptors (Lipinski definition) is 4. The van der Waals surface area contributed by atoms with Crippen molar-refractivity contribution in [2.24, 2.45) is 0 Å². The molecule has 0 aromatic carbocycles. The molecule has 1 unspecified atom stereocenters. The number of halogens is 2. The molecule has 22 heavy (non-hydrogen) atoms. The van der Waals surface area contributed by atoms with Gasteiger partial charge in [0.1, 0.15) is 5.82 Å². The Labute approximate surface area is 140 Å². The maximum Gasteiger partial charge on any atom is 0.237 e. The molecule has 5 nitrogen and oxygen atoms in total. The van der Waals surface area contributed by atoms with E-state index in [2.05, 4.69) is 20.1 Å². The van der Waals surface area contributed by atoms with Gasteiger partial charge in [0.15, 0.2) is 0 Å². The van der Waals surface area contributed by atoms with Crippen LogP contribution in [0.2, 0.25) is 10.0 Å². The summed E-state index contributed by atoms with van der Waals surface area (Å²) in [6, 6.07) is 1.73. The number of aromatic nitrogens is 1. The van der Waals surface area contributed by atoms with Gasteiger partial charge < -0.3 is 10.2 Å². The van der Waals surface area contributed by atoms with E-state index in [1.807, 2.05) is 0 Å². The van der Waals surface area contributed by atoms with Gasteiger partial charge in [-0.2, -0.15) is 0 Å². The highest BCUT2D eigenvalue weighted by molar-refractivity contribution is 6.36. The number of piperazine rings is 1. The highest BCUT2D eigenvalue weighted by Gasteiger charge is 2.30. The van der Waals surface area contributed by atoms with Crippen LogP contribution in [0, 0.1) is 0 Å². The third kappa shape index (κ3) is 3.47. The van der Waals surface area contributed by atoms with Crippen LogP contribution < -0.4 is 10.2 Å². The molecule has 7 heteroatoms. The topological polar surface area (TPSA) is 48.5 Å². The molecule has 1 aromatic heterocycles. The number of carbonyl (C=O) groups excluding carboxylic acids is 1. The Morgan fingerprint density at radius 2 is 1.95 bits per heavy atom. The molecule has 0 saturated carbocycles. The van der Waals surface area contributed by atoms with Crippen LogP contribution >= 0.6 is 23.2 Å². The van der Waals surface area contributed by atoms with Crippen molar-refractivity contribution in [1.29, 1.82) is 0 Å². The van der Waals surface area contributed by atoms with Crippen LogP contribution in [-0.4, -0.2) is 54.6 Å². The summed E-state index contributed by atoms with van der Waals surface area (Å²) >= 11 is 12.1. The van der Waals surface area contributed by atoms with Gasteiger partial charge in [0.2, 0.25) is 5.91 Å². The molecule has 1 amide bonds. The van der Waals surface area contributed by atoms with Gasteiger partial charge in [0.05, 0.1) is 16.1 Å². The van der Waals surface area contributed by atoms with E-state index in [1.165, 1.54) is 0 Å². The molecule has 1 aromatic rings. The number of carbonyl (C=O) groups is 1. The minimum Gasteiger partial charge on any atom is -0.355 e. The maximum absolute atomic E-state index is 12.1. The normalized spacial score (nSPS) is 24.0. The zero-order chi connectivity index (χ0) is 15.5. The van der Waals surface area contributed by atoms with Gasteiger partial charge in [-0.25, -0.2) is 4.98 Å². The lowest BCUT2D eigenvalue weighted by molar-refractivity contribution is -0.126. The highest BCUT2D eigenvalue weighted by Crippen LogP contribution is 2.27. The average Bonchev–Trinajstić information content (AvgIpc) is 2.72. The number of nitrogens with one attached hydrogen (secondary N) is 1. The van der Waals surface area contributed by atoms with Gasteiger partial charge in [-0.3, -0.25) is 9.69 Å². The number of pyridine rings is 1. The van der Waals surface area contributed by atoms with Gasteiger partial charge >= 0.3 is 0 Å².